The molecule has 3 rings (SSSR count). The number of thiocarbonyl (C=S) groups is 1. The normalized spacial score (nSPS) is 10.8. The molecule has 0 fully saturated rings. The Morgan fingerprint density at radius 1 is 0.969 bits per heavy atom. The summed E-state index contributed by atoms with van der Waals surface area (Å²) in [5, 5.41) is 6.53. The summed E-state index contributed by atoms with van der Waals surface area (Å²) in [5.74, 6) is 1.22. The fourth-order valence-electron chi connectivity index (χ4n) is 3.00. The summed E-state index contributed by atoms with van der Waals surface area (Å²) in [6.07, 6.45) is 0. The molecule has 7 nitrogen and oxygen atoms in total. The van der Waals surface area contributed by atoms with E-state index < -0.39 is 10.0 Å². The van der Waals surface area contributed by atoms with Crippen molar-refractivity contribution in [2.75, 3.05) is 24.3 Å². The van der Waals surface area contributed by atoms with E-state index in [-0.39, 0.29) is 4.90 Å². The lowest BCUT2D eigenvalue weighted by atomic mass is 10.2. The zero-order chi connectivity index (χ0) is 23.1. The number of aryl methyl sites for hydroxylation is 1. The fourth-order valence-corrected chi connectivity index (χ4v) is 4.53. The lowest BCUT2D eigenvalue weighted by Crippen LogP contribution is -2.28. The van der Waals surface area contributed by atoms with E-state index in [2.05, 4.69) is 15.4 Å². The van der Waals surface area contributed by atoms with Gasteiger partial charge in [-0.05, 0) is 66.7 Å². The Labute approximate surface area is 193 Å². The lowest BCUT2D eigenvalue weighted by molar-refractivity contribution is 0.414. The minimum absolute atomic E-state index is 0.145. The van der Waals surface area contributed by atoms with Gasteiger partial charge in [-0.15, -0.1) is 0 Å². The molecule has 32 heavy (non-hydrogen) atoms. The maximum atomic E-state index is 13.0. The molecule has 3 N–H and O–H groups in total. The van der Waals surface area contributed by atoms with Gasteiger partial charge in [0.2, 0.25) is 0 Å². The molecule has 0 aromatic heterocycles. The molecule has 0 amide bonds. The fraction of sp³-hybridized carbons (Fsp3) is 0.174. The first-order chi connectivity index (χ1) is 15.3. The minimum atomic E-state index is -3.84. The summed E-state index contributed by atoms with van der Waals surface area (Å²) in [5.41, 5.74) is 2.56. The van der Waals surface area contributed by atoms with E-state index in [1.165, 1.54) is 7.11 Å². The van der Waals surface area contributed by atoms with Gasteiger partial charge >= 0.3 is 0 Å². The molecule has 0 atom stereocenters. The molecule has 168 valence electrons. The third-order valence-electron chi connectivity index (χ3n) is 4.70. The van der Waals surface area contributed by atoms with Crippen LogP contribution in [0.25, 0.3) is 0 Å². The quantitative estimate of drug-likeness (QED) is 0.422. The number of sulfonamides is 1. The Hall–Kier alpha value is -3.30. The van der Waals surface area contributed by atoms with Crippen LogP contribution in [0.2, 0.25) is 0 Å². The Balaban J connectivity index is 1.70. The summed E-state index contributed by atoms with van der Waals surface area (Å²) in [6, 6.07) is 19.5. The second kappa shape index (κ2) is 10.3. The van der Waals surface area contributed by atoms with Crippen LogP contribution in [-0.4, -0.2) is 27.7 Å². The summed E-state index contributed by atoms with van der Waals surface area (Å²) in [7, 11) is -0.734. The molecule has 3 aromatic carbocycles. The Kier molecular flexibility index (Phi) is 7.55. The Morgan fingerprint density at radius 2 is 1.69 bits per heavy atom. The number of ether oxygens (including phenoxy) is 2. The largest absolute Gasteiger partial charge is 0.497 e. The van der Waals surface area contributed by atoms with E-state index in [0.717, 1.165) is 11.3 Å². The van der Waals surface area contributed by atoms with Crippen LogP contribution in [-0.2, 0) is 16.6 Å². The number of para-hydroxylation sites is 2. The second-order valence-corrected chi connectivity index (χ2v) is 9.00. The van der Waals surface area contributed by atoms with Gasteiger partial charge < -0.3 is 20.1 Å². The first-order valence-corrected chi connectivity index (χ1v) is 11.7. The summed E-state index contributed by atoms with van der Waals surface area (Å²) in [4.78, 5) is 0.145. The van der Waals surface area contributed by atoms with E-state index >= 15 is 0 Å². The topological polar surface area (TPSA) is 88.7 Å². The Morgan fingerprint density at radius 3 is 2.38 bits per heavy atom. The molecular weight excluding hydrogens is 446 g/mol. The average Bonchev–Trinajstić information content (AvgIpc) is 2.79. The van der Waals surface area contributed by atoms with Gasteiger partial charge in [-0.2, -0.15) is 0 Å². The number of anilines is 2. The Bertz CT molecular complexity index is 1200. The highest BCUT2D eigenvalue weighted by atomic mass is 32.2. The number of benzene rings is 3. The molecule has 0 bridgehead atoms. The molecular formula is C23H25N3O4S2. The van der Waals surface area contributed by atoms with Crippen molar-refractivity contribution in [2.24, 2.45) is 0 Å². The average molecular weight is 472 g/mol. The summed E-state index contributed by atoms with van der Waals surface area (Å²) < 4.78 is 39.1. The number of rotatable bonds is 8. The van der Waals surface area contributed by atoms with Crippen LogP contribution in [0.5, 0.6) is 11.5 Å². The van der Waals surface area contributed by atoms with Crippen molar-refractivity contribution in [2.45, 2.75) is 18.4 Å². The summed E-state index contributed by atoms with van der Waals surface area (Å²) >= 11 is 5.36. The molecule has 0 aliphatic rings. The van der Waals surface area contributed by atoms with Gasteiger partial charge in [-0.25, -0.2) is 8.42 Å². The zero-order valence-electron chi connectivity index (χ0n) is 18.0. The van der Waals surface area contributed by atoms with Crippen molar-refractivity contribution in [1.82, 2.24) is 5.32 Å². The first kappa shape index (κ1) is 23.4. The predicted octanol–water partition coefficient (Wildman–Crippen LogP) is 4.30. The van der Waals surface area contributed by atoms with Gasteiger partial charge in [0.05, 0.1) is 24.8 Å². The third-order valence-corrected chi connectivity index (χ3v) is 6.45. The second-order valence-electron chi connectivity index (χ2n) is 6.94. The van der Waals surface area contributed by atoms with Crippen molar-refractivity contribution >= 4 is 38.7 Å². The van der Waals surface area contributed by atoms with Crippen LogP contribution < -0.4 is 24.8 Å². The molecule has 0 saturated heterocycles. The molecule has 0 aliphatic heterocycles. The maximum Gasteiger partial charge on any atom is 0.262 e. The smallest absolute Gasteiger partial charge is 0.262 e. The van der Waals surface area contributed by atoms with Gasteiger partial charge in [0.1, 0.15) is 11.5 Å². The molecule has 9 heteroatoms. The van der Waals surface area contributed by atoms with E-state index in [1.807, 2.05) is 24.3 Å². The van der Waals surface area contributed by atoms with Gasteiger partial charge in [-0.1, -0.05) is 30.3 Å². The maximum absolute atomic E-state index is 13.0. The highest BCUT2D eigenvalue weighted by Gasteiger charge is 2.19. The van der Waals surface area contributed by atoms with Crippen molar-refractivity contribution in [1.29, 1.82) is 0 Å². The van der Waals surface area contributed by atoms with Crippen molar-refractivity contribution < 1.29 is 17.9 Å². The van der Waals surface area contributed by atoms with Crippen LogP contribution in [0, 0.1) is 6.92 Å². The SMILES string of the molecule is COc1ccc(CNC(=S)Nc2ccc(C)c(S(=O)(=O)Nc3ccccc3OC)c2)cc1. The van der Waals surface area contributed by atoms with E-state index in [1.54, 1.807) is 56.5 Å². The third kappa shape index (κ3) is 5.89. The highest BCUT2D eigenvalue weighted by molar-refractivity contribution is 7.92. The van der Waals surface area contributed by atoms with Crippen LogP contribution in [0.3, 0.4) is 0 Å². The first-order valence-electron chi connectivity index (χ1n) is 9.76. The number of methoxy groups -OCH3 is 2. The van der Waals surface area contributed by atoms with E-state index in [0.29, 0.717) is 34.3 Å². The van der Waals surface area contributed by atoms with Gasteiger partial charge in [-0.3, -0.25) is 4.72 Å². The number of nitrogens with one attached hydrogen (secondary N) is 3. The van der Waals surface area contributed by atoms with Crippen molar-refractivity contribution in [3.63, 3.8) is 0 Å². The van der Waals surface area contributed by atoms with Crippen LogP contribution in [0.1, 0.15) is 11.1 Å². The van der Waals surface area contributed by atoms with Crippen molar-refractivity contribution in [3.05, 3.63) is 77.9 Å². The van der Waals surface area contributed by atoms with Crippen LogP contribution in [0.4, 0.5) is 11.4 Å². The predicted molar refractivity (Wildman–Crippen MR) is 131 cm³/mol. The standard InChI is InChI=1S/C23H25N3O4S2/c1-16-8-11-18(25-23(31)24-15-17-9-12-19(29-2)13-10-17)14-22(16)32(27,28)26-20-6-4-5-7-21(20)30-3/h4-14,26H,15H2,1-3H3,(H2,24,25,31). The van der Waals surface area contributed by atoms with Crippen molar-refractivity contribution in [3.8, 4) is 11.5 Å². The molecule has 0 unspecified atom stereocenters. The zero-order valence-corrected chi connectivity index (χ0v) is 19.6. The number of hydrogen-bond acceptors (Lipinski definition) is 5. The molecule has 0 spiro atoms. The van der Waals surface area contributed by atoms with E-state index in [9.17, 15) is 8.42 Å². The minimum Gasteiger partial charge on any atom is -0.497 e. The van der Waals surface area contributed by atoms with Crippen LogP contribution >= 0.6 is 12.2 Å². The molecule has 3 aromatic rings. The number of hydrogen-bond donors (Lipinski definition) is 3. The van der Waals surface area contributed by atoms with Gasteiger partial charge in [0, 0.05) is 12.2 Å². The van der Waals surface area contributed by atoms with Gasteiger partial charge in [0.15, 0.2) is 5.11 Å². The molecule has 0 radical (unpaired) electrons. The lowest BCUT2D eigenvalue weighted by Gasteiger charge is -2.15. The molecule has 0 heterocycles. The molecule has 0 saturated carbocycles. The summed E-state index contributed by atoms with van der Waals surface area (Å²) in [6.45, 7) is 2.25. The van der Waals surface area contributed by atoms with Crippen LogP contribution in [0.15, 0.2) is 71.6 Å². The molecule has 0 aliphatic carbocycles. The van der Waals surface area contributed by atoms with E-state index in [4.69, 9.17) is 21.7 Å². The highest BCUT2D eigenvalue weighted by Crippen LogP contribution is 2.28. The monoisotopic (exact) mass is 471 g/mol. The van der Waals surface area contributed by atoms with Gasteiger partial charge in [0.25, 0.3) is 10.0 Å².